The van der Waals surface area contributed by atoms with E-state index in [1.807, 2.05) is 64.2 Å². The van der Waals surface area contributed by atoms with Crippen LogP contribution in [-0.2, 0) is 0 Å². The van der Waals surface area contributed by atoms with Crippen LogP contribution in [0.3, 0.4) is 0 Å². The fourth-order valence-electron chi connectivity index (χ4n) is 3.49. The van der Waals surface area contributed by atoms with Gasteiger partial charge in [0.2, 0.25) is 0 Å². The molecule has 140 valence electrons. The van der Waals surface area contributed by atoms with Gasteiger partial charge < -0.3 is 10.2 Å². The van der Waals surface area contributed by atoms with Crippen LogP contribution < -0.4 is 10.2 Å². The maximum Gasteiger partial charge on any atom is 0.152 e. The summed E-state index contributed by atoms with van der Waals surface area (Å²) in [4.78, 5) is 1.94. The summed E-state index contributed by atoms with van der Waals surface area (Å²) in [6.07, 6.45) is 3.66. The first-order valence-corrected chi connectivity index (χ1v) is 8.98. The van der Waals surface area contributed by atoms with E-state index in [9.17, 15) is 0 Å². The number of hydrogen-bond donors (Lipinski definition) is 2. The van der Waals surface area contributed by atoms with Gasteiger partial charge in [0.25, 0.3) is 0 Å². The van der Waals surface area contributed by atoms with E-state index in [1.54, 1.807) is 10.7 Å². The molecule has 7 heteroatoms. The number of benzene rings is 1. The van der Waals surface area contributed by atoms with Crippen molar-refractivity contribution in [1.82, 2.24) is 19.8 Å². The van der Waals surface area contributed by atoms with Crippen molar-refractivity contribution in [2.75, 3.05) is 24.3 Å². The number of hydrogen-bond acceptors (Lipinski definition) is 4. The van der Waals surface area contributed by atoms with Gasteiger partial charge in [0, 0.05) is 37.8 Å². The quantitative estimate of drug-likeness (QED) is 0.568. The van der Waals surface area contributed by atoms with Crippen LogP contribution in [0, 0.1) is 12.7 Å². The summed E-state index contributed by atoms with van der Waals surface area (Å²) in [5.74, 6) is 0.569. The highest BCUT2D eigenvalue weighted by atomic mass is 19.1. The van der Waals surface area contributed by atoms with E-state index in [4.69, 9.17) is 0 Å². The van der Waals surface area contributed by atoms with Crippen LogP contribution in [0.1, 0.15) is 19.4 Å². The Balaban J connectivity index is 1.99. The van der Waals surface area contributed by atoms with Crippen molar-refractivity contribution >= 4 is 27.9 Å². The first-order chi connectivity index (χ1) is 12.9. The molecule has 0 aliphatic rings. The zero-order valence-corrected chi connectivity index (χ0v) is 16.1. The van der Waals surface area contributed by atoms with Crippen LogP contribution in [0.4, 0.5) is 15.9 Å². The molecule has 27 heavy (non-hydrogen) atoms. The SMILES string of the molecule is CNc1cc2cc(-c3c(C)c(F)c(N(C)C(C)C)c4[nH]ncc34)ccn2n1. The van der Waals surface area contributed by atoms with Gasteiger partial charge in [-0.15, -0.1) is 0 Å². The molecule has 0 bridgehead atoms. The first-order valence-electron chi connectivity index (χ1n) is 8.98. The third kappa shape index (κ3) is 2.61. The van der Waals surface area contributed by atoms with E-state index in [2.05, 4.69) is 20.6 Å². The topological polar surface area (TPSA) is 61.2 Å². The molecular weight excluding hydrogens is 343 g/mol. The lowest BCUT2D eigenvalue weighted by atomic mass is 9.95. The van der Waals surface area contributed by atoms with Crippen LogP contribution >= 0.6 is 0 Å². The van der Waals surface area contributed by atoms with Gasteiger partial charge in [-0.1, -0.05) is 0 Å². The van der Waals surface area contributed by atoms with Crippen molar-refractivity contribution in [3.05, 3.63) is 42.0 Å². The standard InChI is InChI=1S/C20H23FN6/c1-11(2)26(5)20-18(21)12(3)17(15-10-23-24-19(15)20)13-6-7-27-14(8-13)9-16(22-4)25-27/h6-11H,1-5H3,(H,22,25)(H,23,24). The highest BCUT2D eigenvalue weighted by Crippen LogP contribution is 2.40. The average molecular weight is 366 g/mol. The number of pyridine rings is 1. The molecule has 4 aromatic rings. The Hall–Kier alpha value is -3.09. The second kappa shape index (κ2) is 6.26. The summed E-state index contributed by atoms with van der Waals surface area (Å²) in [5, 5.41) is 15.6. The lowest BCUT2D eigenvalue weighted by Gasteiger charge is -2.26. The average Bonchev–Trinajstić information content (AvgIpc) is 3.28. The molecule has 4 rings (SSSR count). The van der Waals surface area contributed by atoms with Gasteiger partial charge in [-0.05, 0) is 49.6 Å². The van der Waals surface area contributed by atoms with Crippen LogP contribution in [0.25, 0.3) is 27.5 Å². The second-order valence-corrected chi connectivity index (χ2v) is 7.09. The number of nitrogens with zero attached hydrogens (tertiary/aromatic N) is 4. The van der Waals surface area contributed by atoms with Crippen molar-refractivity contribution in [3.63, 3.8) is 0 Å². The molecule has 0 saturated carbocycles. The summed E-state index contributed by atoms with van der Waals surface area (Å²) in [6.45, 7) is 5.91. The number of halogens is 1. The summed E-state index contributed by atoms with van der Waals surface area (Å²) in [6, 6.07) is 6.11. The van der Waals surface area contributed by atoms with Crippen LogP contribution in [0.5, 0.6) is 0 Å². The van der Waals surface area contributed by atoms with E-state index in [0.717, 1.165) is 27.8 Å². The summed E-state index contributed by atoms with van der Waals surface area (Å²) < 4.78 is 17.2. The van der Waals surface area contributed by atoms with E-state index in [0.29, 0.717) is 16.8 Å². The van der Waals surface area contributed by atoms with Crippen molar-refractivity contribution in [3.8, 4) is 11.1 Å². The van der Waals surface area contributed by atoms with E-state index >= 15 is 4.39 Å². The Morgan fingerprint density at radius 1 is 1.30 bits per heavy atom. The molecule has 0 atom stereocenters. The molecule has 3 heterocycles. The molecule has 6 nitrogen and oxygen atoms in total. The number of nitrogens with one attached hydrogen (secondary N) is 2. The summed E-state index contributed by atoms with van der Waals surface area (Å²) in [5.41, 5.74) is 4.62. The van der Waals surface area contributed by atoms with Crippen molar-refractivity contribution < 1.29 is 4.39 Å². The van der Waals surface area contributed by atoms with E-state index < -0.39 is 0 Å². The zero-order chi connectivity index (χ0) is 19.3. The molecule has 0 fully saturated rings. The normalized spacial score (nSPS) is 11.7. The molecule has 0 saturated heterocycles. The molecule has 0 spiro atoms. The van der Waals surface area contributed by atoms with Gasteiger partial charge in [-0.2, -0.15) is 10.2 Å². The fraction of sp³-hybridized carbons (Fsp3) is 0.300. The first kappa shape index (κ1) is 17.3. The maximum atomic E-state index is 15.4. The summed E-state index contributed by atoms with van der Waals surface area (Å²) >= 11 is 0. The fourth-order valence-corrected chi connectivity index (χ4v) is 3.49. The van der Waals surface area contributed by atoms with Crippen LogP contribution in [0.2, 0.25) is 0 Å². The molecule has 0 aliphatic carbocycles. The Morgan fingerprint density at radius 2 is 2.07 bits per heavy atom. The highest BCUT2D eigenvalue weighted by Gasteiger charge is 2.23. The van der Waals surface area contributed by atoms with Gasteiger partial charge in [0.1, 0.15) is 5.82 Å². The Labute approximate surface area is 157 Å². The minimum atomic E-state index is -0.220. The van der Waals surface area contributed by atoms with Crippen molar-refractivity contribution in [2.45, 2.75) is 26.8 Å². The maximum absolute atomic E-state index is 15.4. The monoisotopic (exact) mass is 366 g/mol. The number of fused-ring (bicyclic) bond motifs is 2. The molecule has 0 amide bonds. The smallest absolute Gasteiger partial charge is 0.152 e. The minimum Gasteiger partial charge on any atom is -0.372 e. The Morgan fingerprint density at radius 3 is 2.78 bits per heavy atom. The molecule has 0 radical (unpaired) electrons. The number of anilines is 2. The minimum absolute atomic E-state index is 0.166. The molecule has 0 aliphatic heterocycles. The van der Waals surface area contributed by atoms with Gasteiger partial charge in [0.15, 0.2) is 5.82 Å². The third-order valence-corrected chi connectivity index (χ3v) is 5.19. The number of aromatic amines is 1. The molecule has 2 N–H and O–H groups in total. The lowest BCUT2D eigenvalue weighted by molar-refractivity contribution is 0.608. The number of aromatic nitrogens is 4. The number of rotatable bonds is 4. The predicted octanol–water partition coefficient (Wildman–Crippen LogP) is 4.21. The van der Waals surface area contributed by atoms with Gasteiger partial charge in [0.05, 0.1) is 22.9 Å². The molecule has 3 aromatic heterocycles. The van der Waals surface area contributed by atoms with Crippen LogP contribution in [0.15, 0.2) is 30.6 Å². The number of H-pyrrole nitrogens is 1. The van der Waals surface area contributed by atoms with Crippen molar-refractivity contribution in [2.24, 2.45) is 0 Å². The highest BCUT2D eigenvalue weighted by molar-refractivity contribution is 6.03. The molecule has 1 aromatic carbocycles. The van der Waals surface area contributed by atoms with E-state index in [1.165, 1.54) is 0 Å². The Kier molecular flexibility index (Phi) is 4.02. The Bertz CT molecular complexity index is 1140. The summed E-state index contributed by atoms with van der Waals surface area (Å²) in [7, 11) is 3.74. The second-order valence-electron chi connectivity index (χ2n) is 7.09. The zero-order valence-electron chi connectivity index (χ0n) is 16.1. The third-order valence-electron chi connectivity index (χ3n) is 5.19. The van der Waals surface area contributed by atoms with E-state index in [-0.39, 0.29) is 11.9 Å². The molecule has 0 unspecified atom stereocenters. The van der Waals surface area contributed by atoms with Crippen molar-refractivity contribution in [1.29, 1.82) is 0 Å². The molecular formula is C20H23FN6. The largest absolute Gasteiger partial charge is 0.372 e. The van der Waals surface area contributed by atoms with Gasteiger partial charge in [-0.25, -0.2) is 8.91 Å². The predicted molar refractivity (Wildman–Crippen MR) is 108 cm³/mol. The van der Waals surface area contributed by atoms with Gasteiger partial charge >= 0.3 is 0 Å². The van der Waals surface area contributed by atoms with Crippen LogP contribution in [-0.4, -0.2) is 39.9 Å². The van der Waals surface area contributed by atoms with Gasteiger partial charge in [-0.3, -0.25) is 5.10 Å². The lowest BCUT2D eigenvalue weighted by Crippen LogP contribution is -2.27.